The molecule has 0 unspecified atom stereocenters. The van der Waals surface area contributed by atoms with Crippen molar-refractivity contribution in [3.63, 3.8) is 0 Å². The first-order valence-electron chi connectivity index (χ1n) is 6.64. The Morgan fingerprint density at radius 1 is 1.43 bits per heavy atom. The minimum atomic E-state index is -0.214. The second-order valence-corrected chi connectivity index (χ2v) is 6.55. The van der Waals surface area contributed by atoms with Gasteiger partial charge in [-0.25, -0.2) is 4.98 Å². The molecule has 1 fully saturated rings. The number of hydrogen-bond acceptors (Lipinski definition) is 7. The standard InChI is InChI=1S/C15H13N3O3S2/c1-8-7-22-14(16-8)18-15-17-13(20)12(23-15)6-9-3-4-10(19)11(5-9)21-2/h3-7,19H,1-2H3,(H,16,17,18,20)/b12-6-. The zero-order valence-corrected chi connectivity index (χ0v) is 14.0. The highest BCUT2D eigenvalue weighted by Crippen LogP contribution is 2.31. The van der Waals surface area contributed by atoms with E-state index in [1.54, 1.807) is 18.2 Å². The number of aryl methyl sites for hydroxylation is 1. The summed E-state index contributed by atoms with van der Waals surface area (Å²) in [6, 6.07) is 4.89. The second kappa shape index (κ2) is 6.43. The van der Waals surface area contributed by atoms with Crippen molar-refractivity contribution in [1.29, 1.82) is 0 Å². The van der Waals surface area contributed by atoms with Crippen LogP contribution in [0.25, 0.3) is 6.08 Å². The highest BCUT2D eigenvalue weighted by molar-refractivity contribution is 8.18. The number of amidine groups is 1. The lowest BCUT2D eigenvalue weighted by atomic mass is 10.2. The number of phenolic OH excluding ortho intramolecular Hbond substituents is 1. The fourth-order valence-electron chi connectivity index (χ4n) is 1.90. The first-order valence-corrected chi connectivity index (χ1v) is 8.33. The molecule has 1 aromatic carbocycles. The summed E-state index contributed by atoms with van der Waals surface area (Å²) >= 11 is 2.67. The predicted octanol–water partition coefficient (Wildman–Crippen LogP) is 3.06. The number of methoxy groups -OCH3 is 1. The van der Waals surface area contributed by atoms with Gasteiger partial charge in [-0.2, -0.15) is 4.99 Å². The van der Waals surface area contributed by atoms with Gasteiger partial charge in [0.25, 0.3) is 5.91 Å². The van der Waals surface area contributed by atoms with E-state index in [4.69, 9.17) is 4.74 Å². The Balaban J connectivity index is 1.84. The topological polar surface area (TPSA) is 83.8 Å². The van der Waals surface area contributed by atoms with Gasteiger partial charge in [-0.15, -0.1) is 11.3 Å². The smallest absolute Gasteiger partial charge is 0.264 e. The Kier molecular flexibility index (Phi) is 4.35. The van der Waals surface area contributed by atoms with Gasteiger partial charge in [0.1, 0.15) is 0 Å². The quantitative estimate of drug-likeness (QED) is 0.834. The first kappa shape index (κ1) is 15.6. The number of nitrogens with one attached hydrogen (secondary N) is 1. The average molecular weight is 347 g/mol. The van der Waals surface area contributed by atoms with Gasteiger partial charge < -0.3 is 15.2 Å². The molecule has 2 N–H and O–H groups in total. The minimum Gasteiger partial charge on any atom is -0.504 e. The van der Waals surface area contributed by atoms with Crippen LogP contribution in [0.15, 0.2) is 33.5 Å². The molecule has 0 aliphatic carbocycles. The Bertz CT molecular complexity index is 827. The fraction of sp³-hybridized carbons (Fsp3) is 0.133. The van der Waals surface area contributed by atoms with Crippen molar-refractivity contribution in [3.05, 3.63) is 39.7 Å². The van der Waals surface area contributed by atoms with E-state index in [0.29, 0.717) is 21.0 Å². The van der Waals surface area contributed by atoms with Gasteiger partial charge in [0.2, 0.25) is 5.13 Å². The van der Waals surface area contributed by atoms with E-state index in [2.05, 4.69) is 15.3 Å². The van der Waals surface area contributed by atoms with E-state index in [1.165, 1.54) is 36.3 Å². The summed E-state index contributed by atoms with van der Waals surface area (Å²) in [7, 11) is 1.48. The van der Waals surface area contributed by atoms with Gasteiger partial charge in [-0.1, -0.05) is 6.07 Å². The first-order chi connectivity index (χ1) is 11.0. The number of amides is 1. The van der Waals surface area contributed by atoms with Crippen LogP contribution in [0.5, 0.6) is 11.5 Å². The lowest BCUT2D eigenvalue weighted by Crippen LogP contribution is -2.19. The van der Waals surface area contributed by atoms with Gasteiger partial charge in [-0.05, 0) is 42.5 Å². The predicted molar refractivity (Wildman–Crippen MR) is 92.3 cm³/mol. The van der Waals surface area contributed by atoms with Crippen LogP contribution in [0.2, 0.25) is 0 Å². The summed E-state index contributed by atoms with van der Waals surface area (Å²) < 4.78 is 5.06. The van der Waals surface area contributed by atoms with E-state index in [1.807, 2.05) is 12.3 Å². The number of thiazole rings is 1. The molecule has 8 heteroatoms. The highest BCUT2D eigenvalue weighted by atomic mass is 32.2. The van der Waals surface area contributed by atoms with Crippen LogP contribution in [0.4, 0.5) is 5.13 Å². The summed E-state index contributed by atoms with van der Waals surface area (Å²) in [6.45, 7) is 1.89. The Hall–Kier alpha value is -2.32. The molecule has 2 heterocycles. The molecule has 118 valence electrons. The summed E-state index contributed by atoms with van der Waals surface area (Å²) in [5.74, 6) is 0.198. The SMILES string of the molecule is COc1cc(/C=C2\SC(=Nc3nc(C)cs3)NC2=O)ccc1O. The van der Waals surface area contributed by atoms with Crippen molar-refractivity contribution < 1.29 is 14.6 Å². The summed E-state index contributed by atoms with van der Waals surface area (Å²) in [5.41, 5.74) is 1.65. The number of phenols is 1. The highest BCUT2D eigenvalue weighted by Gasteiger charge is 2.24. The van der Waals surface area contributed by atoms with E-state index in [-0.39, 0.29) is 11.7 Å². The largest absolute Gasteiger partial charge is 0.504 e. The maximum absolute atomic E-state index is 12.0. The number of thioether (sulfide) groups is 1. The molecule has 1 amide bonds. The average Bonchev–Trinajstić information content (AvgIpc) is 3.07. The molecular formula is C15H13N3O3S2. The van der Waals surface area contributed by atoms with Crippen LogP contribution in [0.3, 0.4) is 0 Å². The number of aromatic hydroxyl groups is 1. The molecular weight excluding hydrogens is 334 g/mol. The zero-order chi connectivity index (χ0) is 16.4. The third-order valence-electron chi connectivity index (χ3n) is 2.96. The number of ether oxygens (including phenoxy) is 1. The van der Waals surface area contributed by atoms with Crippen LogP contribution >= 0.6 is 23.1 Å². The monoisotopic (exact) mass is 347 g/mol. The Morgan fingerprint density at radius 3 is 2.96 bits per heavy atom. The number of aliphatic imine (C=N–C) groups is 1. The van der Waals surface area contributed by atoms with Crippen LogP contribution in [-0.4, -0.2) is 28.3 Å². The molecule has 1 aliphatic heterocycles. The molecule has 0 spiro atoms. The number of nitrogens with zero attached hydrogens (tertiary/aromatic N) is 2. The van der Waals surface area contributed by atoms with Crippen molar-refractivity contribution in [2.45, 2.75) is 6.92 Å². The fourth-order valence-corrected chi connectivity index (χ4v) is 3.45. The van der Waals surface area contributed by atoms with Gasteiger partial charge in [0, 0.05) is 5.38 Å². The number of benzene rings is 1. The number of aromatic nitrogens is 1. The van der Waals surface area contributed by atoms with Crippen LogP contribution in [-0.2, 0) is 4.79 Å². The Morgan fingerprint density at radius 2 is 2.26 bits per heavy atom. The Labute approximate surface area is 140 Å². The van der Waals surface area contributed by atoms with Crippen molar-refractivity contribution in [1.82, 2.24) is 10.3 Å². The lowest BCUT2D eigenvalue weighted by molar-refractivity contribution is -0.115. The minimum absolute atomic E-state index is 0.0552. The number of rotatable bonds is 3. The number of hydrogen-bond donors (Lipinski definition) is 2. The molecule has 0 bridgehead atoms. The molecule has 3 rings (SSSR count). The van der Waals surface area contributed by atoms with Crippen molar-refractivity contribution in [2.75, 3.05) is 7.11 Å². The molecule has 2 aromatic rings. The summed E-state index contributed by atoms with van der Waals surface area (Å²) in [4.78, 5) is 21.1. The summed E-state index contributed by atoms with van der Waals surface area (Å²) in [6.07, 6.45) is 1.72. The molecule has 1 aromatic heterocycles. The number of carbonyl (C=O) groups excluding carboxylic acids is 1. The lowest BCUT2D eigenvalue weighted by Gasteiger charge is -2.03. The van der Waals surface area contributed by atoms with Crippen molar-refractivity contribution in [2.24, 2.45) is 4.99 Å². The van der Waals surface area contributed by atoms with Gasteiger partial charge >= 0.3 is 0 Å². The molecule has 0 saturated carbocycles. The molecule has 0 radical (unpaired) electrons. The third-order valence-corrected chi connectivity index (χ3v) is 4.72. The van der Waals surface area contributed by atoms with E-state index < -0.39 is 0 Å². The third kappa shape index (κ3) is 3.54. The maximum Gasteiger partial charge on any atom is 0.264 e. The van der Waals surface area contributed by atoms with Gasteiger partial charge in [-0.3, -0.25) is 4.79 Å². The van der Waals surface area contributed by atoms with Crippen LogP contribution in [0.1, 0.15) is 11.3 Å². The normalized spacial score (nSPS) is 17.7. The van der Waals surface area contributed by atoms with Crippen molar-refractivity contribution >= 4 is 45.4 Å². The van der Waals surface area contributed by atoms with Crippen LogP contribution < -0.4 is 10.1 Å². The molecule has 1 saturated heterocycles. The maximum atomic E-state index is 12.0. The van der Waals surface area contributed by atoms with E-state index >= 15 is 0 Å². The molecule has 6 nitrogen and oxygen atoms in total. The van der Waals surface area contributed by atoms with Crippen molar-refractivity contribution in [3.8, 4) is 11.5 Å². The molecule has 23 heavy (non-hydrogen) atoms. The van der Waals surface area contributed by atoms with Gasteiger partial charge in [0.15, 0.2) is 16.7 Å². The van der Waals surface area contributed by atoms with E-state index in [0.717, 1.165) is 11.3 Å². The number of carbonyl (C=O) groups is 1. The zero-order valence-electron chi connectivity index (χ0n) is 12.4. The molecule has 0 atom stereocenters. The van der Waals surface area contributed by atoms with E-state index in [9.17, 15) is 9.90 Å². The molecule has 1 aliphatic rings. The summed E-state index contributed by atoms with van der Waals surface area (Å²) in [5, 5.41) is 15.3. The second-order valence-electron chi connectivity index (χ2n) is 4.68. The van der Waals surface area contributed by atoms with Gasteiger partial charge in [0.05, 0.1) is 17.7 Å². The van der Waals surface area contributed by atoms with Crippen LogP contribution in [0, 0.1) is 6.92 Å².